The van der Waals surface area contributed by atoms with Crippen LogP contribution in [0.3, 0.4) is 0 Å². The Labute approximate surface area is 130 Å². The predicted octanol–water partition coefficient (Wildman–Crippen LogP) is 3.08. The summed E-state index contributed by atoms with van der Waals surface area (Å²) in [6.07, 6.45) is 5.66. The molecule has 4 nitrogen and oxygen atoms in total. The van der Waals surface area contributed by atoms with Gasteiger partial charge in [-0.1, -0.05) is 30.4 Å². The van der Waals surface area contributed by atoms with Crippen LogP contribution in [0.15, 0.2) is 47.4 Å². The maximum atomic E-state index is 11.4. The standard InChI is InChI=1S/C17H16O4S/c1-21-17-11-14(5-8-15(17)12-18)4-3-13-6-9-16(10-7-13)22(2,19)20/h3-12H,1-2H3/b4-3+. The number of methoxy groups -OCH3 is 1. The normalized spacial score (nSPS) is 11.5. The predicted molar refractivity (Wildman–Crippen MR) is 86.9 cm³/mol. The summed E-state index contributed by atoms with van der Waals surface area (Å²) in [5.74, 6) is 0.518. The van der Waals surface area contributed by atoms with Crippen LogP contribution in [0.2, 0.25) is 0 Å². The Balaban J connectivity index is 2.23. The second-order valence-electron chi connectivity index (χ2n) is 4.79. The number of hydrogen-bond donors (Lipinski definition) is 0. The second-order valence-corrected chi connectivity index (χ2v) is 6.81. The molecule has 5 heteroatoms. The van der Waals surface area contributed by atoms with E-state index in [4.69, 9.17) is 4.74 Å². The highest BCUT2D eigenvalue weighted by Crippen LogP contribution is 2.20. The summed E-state index contributed by atoms with van der Waals surface area (Å²) in [5, 5.41) is 0. The van der Waals surface area contributed by atoms with Gasteiger partial charge < -0.3 is 4.74 Å². The van der Waals surface area contributed by atoms with E-state index in [0.717, 1.165) is 17.4 Å². The molecule has 0 heterocycles. The fourth-order valence-electron chi connectivity index (χ4n) is 1.95. The van der Waals surface area contributed by atoms with Gasteiger partial charge in [-0.25, -0.2) is 8.42 Å². The van der Waals surface area contributed by atoms with Crippen molar-refractivity contribution in [3.05, 3.63) is 59.2 Å². The lowest BCUT2D eigenvalue weighted by Gasteiger charge is -2.04. The van der Waals surface area contributed by atoms with E-state index >= 15 is 0 Å². The quantitative estimate of drug-likeness (QED) is 0.628. The van der Waals surface area contributed by atoms with Crippen LogP contribution < -0.4 is 4.74 Å². The molecule has 2 rings (SSSR count). The lowest BCUT2D eigenvalue weighted by molar-refractivity contribution is 0.112. The van der Waals surface area contributed by atoms with Gasteiger partial charge in [0, 0.05) is 6.26 Å². The maximum absolute atomic E-state index is 11.4. The molecule has 0 atom stereocenters. The lowest BCUT2D eigenvalue weighted by Crippen LogP contribution is -1.96. The zero-order chi connectivity index (χ0) is 16.2. The van der Waals surface area contributed by atoms with Gasteiger partial charge in [0.1, 0.15) is 5.75 Å². The molecule has 0 aliphatic rings. The van der Waals surface area contributed by atoms with Crippen LogP contribution in [0.4, 0.5) is 0 Å². The van der Waals surface area contributed by atoms with Gasteiger partial charge in [-0.2, -0.15) is 0 Å². The van der Waals surface area contributed by atoms with Crippen LogP contribution in [0.25, 0.3) is 12.2 Å². The van der Waals surface area contributed by atoms with Crippen LogP contribution in [-0.2, 0) is 9.84 Å². The van der Waals surface area contributed by atoms with Crippen molar-refractivity contribution in [1.82, 2.24) is 0 Å². The molecular weight excluding hydrogens is 300 g/mol. The van der Waals surface area contributed by atoms with Crippen LogP contribution in [0.1, 0.15) is 21.5 Å². The Morgan fingerprint density at radius 2 is 1.55 bits per heavy atom. The van der Waals surface area contributed by atoms with Crippen molar-refractivity contribution in [2.45, 2.75) is 4.90 Å². The number of carbonyl (C=O) groups excluding carboxylic acids is 1. The molecule has 0 aromatic heterocycles. The summed E-state index contributed by atoms with van der Waals surface area (Å²) in [6, 6.07) is 11.9. The molecular formula is C17H16O4S. The van der Waals surface area contributed by atoms with Gasteiger partial charge in [-0.05, 0) is 35.4 Å². The Kier molecular flexibility index (Phi) is 4.78. The molecule has 0 unspecified atom stereocenters. The van der Waals surface area contributed by atoms with E-state index in [0.29, 0.717) is 16.2 Å². The van der Waals surface area contributed by atoms with Gasteiger partial charge in [-0.3, -0.25) is 4.79 Å². The highest BCUT2D eigenvalue weighted by molar-refractivity contribution is 7.90. The van der Waals surface area contributed by atoms with Gasteiger partial charge in [0.2, 0.25) is 0 Å². The summed E-state index contributed by atoms with van der Waals surface area (Å²) in [7, 11) is -1.66. The molecule has 22 heavy (non-hydrogen) atoms. The van der Waals surface area contributed by atoms with Gasteiger partial charge in [0.15, 0.2) is 16.1 Å². The lowest BCUT2D eigenvalue weighted by atomic mass is 10.1. The van der Waals surface area contributed by atoms with Crippen molar-refractivity contribution in [1.29, 1.82) is 0 Å². The largest absolute Gasteiger partial charge is 0.496 e. The third kappa shape index (κ3) is 3.83. The van der Waals surface area contributed by atoms with E-state index in [1.54, 1.807) is 36.4 Å². The summed E-state index contributed by atoms with van der Waals surface area (Å²) in [4.78, 5) is 11.1. The average molecular weight is 316 g/mol. The van der Waals surface area contributed by atoms with E-state index in [2.05, 4.69) is 0 Å². The zero-order valence-corrected chi connectivity index (χ0v) is 13.1. The average Bonchev–Trinajstić information content (AvgIpc) is 2.52. The third-order valence-electron chi connectivity index (χ3n) is 3.16. The molecule has 0 bridgehead atoms. The molecule has 114 valence electrons. The second kappa shape index (κ2) is 6.58. The molecule has 0 saturated carbocycles. The molecule has 0 aliphatic heterocycles. The van der Waals surface area contributed by atoms with Crippen molar-refractivity contribution in [3.8, 4) is 5.75 Å². The molecule has 0 amide bonds. The first-order chi connectivity index (χ1) is 10.4. The number of sulfone groups is 1. The number of hydrogen-bond acceptors (Lipinski definition) is 4. The van der Waals surface area contributed by atoms with Gasteiger partial charge in [-0.15, -0.1) is 0 Å². The molecule has 0 spiro atoms. The summed E-state index contributed by atoms with van der Waals surface area (Å²) < 4.78 is 27.9. The number of aldehydes is 1. The highest BCUT2D eigenvalue weighted by Gasteiger charge is 2.05. The molecule has 0 N–H and O–H groups in total. The van der Waals surface area contributed by atoms with E-state index in [9.17, 15) is 13.2 Å². The Bertz CT molecular complexity index is 803. The van der Waals surface area contributed by atoms with Crippen LogP contribution in [0, 0.1) is 0 Å². The highest BCUT2D eigenvalue weighted by atomic mass is 32.2. The maximum Gasteiger partial charge on any atom is 0.175 e. The SMILES string of the molecule is COc1cc(/C=C/c2ccc(S(C)(=O)=O)cc2)ccc1C=O. The smallest absolute Gasteiger partial charge is 0.175 e. The molecule has 0 radical (unpaired) electrons. The van der Waals surface area contributed by atoms with Crippen molar-refractivity contribution in [2.75, 3.05) is 13.4 Å². The first-order valence-electron chi connectivity index (χ1n) is 6.55. The van der Waals surface area contributed by atoms with Gasteiger partial charge in [0.25, 0.3) is 0 Å². The fraction of sp³-hybridized carbons (Fsp3) is 0.118. The third-order valence-corrected chi connectivity index (χ3v) is 4.29. The van der Waals surface area contributed by atoms with Gasteiger partial charge in [0.05, 0.1) is 17.6 Å². The Morgan fingerprint density at radius 3 is 2.09 bits per heavy atom. The van der Waals surface area contributed by atoms with E-state index in [1.807, 2.05) is 18.2 Å². The monoisotopic (exact) mass is 316 g/mol. The van der Waals surface area contributed by atoms with Crippen LogP contribution in [-0.4, -0.2) is 28.1 Å². The molecule has 0 fully saturated rings. The van der Waals surface area contributed by atoms with Crippen molar-refractivity contribution < 1.29 is 17.9 Å². The van der Waals surface area contributed by atoms with Crippen LogP contribution in [0.5, 0.6) is 5.75 Å². The topological polar surface area (TPSA) is 60.4 Å². The minimum atomic E-state index is -3.18. The molecule has 0 saturated heterocycles. The van der Waals surface area contributed by atoms with Crippen LogP contribution >= 0.6 is 0 Å². The fourth-order valence-corrected chi connectivity index (χ4v) is 2.58. The zero-order valence-electron chi connectivity index (χ0n) is 12.3. The molecule has 2 aromatic carbocycles. The summed E-state index contributed by atoms with van der Waals surface area (Å²) >= 11 is 0. The van der Waals surface area contributed by atoms with Gasteiger partial charge >= 0.3 is 0 Å². The Morgan fingerprint density at radius 1 is 0.955 bits per heavy atom. The van der Waals surface area contributed by atoms with Crippen molar-refractivity contribution in [3.63, 3.8) is 0 Å². The summed E-state index contributed by atoms with van der Waals surface area (Å²) in [6.45, 7) is 0. The molecule has 2 aromatic rings. The summed E-state index contributed by atoms with van der Waals surface area (Å²) in [5.41, 5.74) is 2.26. The van der Waals surface area contributed by atoms with E-state index in [1.165, 1.54) is 13.4 Å². The first kappa shape index (κ1) is 16.0. The first-order valence-corrected chi connectivity index (χ1v) is 8.44. The minimum absolute atomic E-state index is 0.293. The number of ether oxygens (including phenoxy) is 1. The minimum Gasteiger partial charge on any atom is -0.496 e. The number of carbonyl (C=O) groups is 1. The van der Waals surface area contributed by atoms with E-state index < -0.39 is 9.84 Å². The van der Waals surface area contributed by atoms with Crippen molar-refractivity contribution >= 4 is 28.3 Å². The number of benzene rings is 2. The Hall–Kier alpha value is -2.40. The number of rotatable bonds is 5. The molecule has 0 aliphatic carbocycles. The van der Waals surface area contributed by atoms with Crippen molar-refractivity contribution in [2.24, 2.45) is 0 Å². The van der Waals surface area contributed by atoms with E-state index in [-0.39, 0.29) is 0 Å².